The minimum Gasteiger partial charge on any atom is -0.756 e. The predicted octanol–water partition coefficient (Wildman–Crippen LogP) is 8.74. The summed E-state index contributed by atoms with van der Waals surface area (Å²) in [6, 6.07) is 0. The van der Waals surface area contributed by atoms with Gasteiger partial charge in [-0.3, -0.25) is 9.36 Å². The van der Waals surface area contributed by atoms with Gasteiger partial charge in [0.25, 0.3) is 7.82 Å². The van der Waals surface area contributed by atoms with Gasteiger partial charge in [0.15, 0.2) is 0 Å². The van der Waals surface area contributed by atoms with Crippen molar-refractivity contribution in [2.24, 2.45) is 0 Å². The summed E-state index contributed by atoms with van der Waals surface area (Å²) in [6.45, 7) is 5.36. The zero-order chi connectivity index (χ0) is 32.1. The summed E-state index contributed by atoms with van der Waals surface area (Å²) in [6.07, 6.45) is 25.6. The van der Waals surface area contributed by atoms with E-state index in [1.54, 1.807) is 0 Å². The average molecular weight is 636 g/mol. The van der Waals surface area contributed by atoms with E-state index in [-0.39, 0.29) is 25.8 Å². The van der Waals surface area contributed by atoms with Crippen molar-refractivity contribution in [1.29, 1.82) is 0 Å². The van der Waals surface area contributed by atoms with Crippen LogP contribution in [0.15, 0.2) is 0 Å². The van der Waals surface area contributed by atoms with E-state index in [0.29, 0.717) is 24.1 Å². The van der Waals surface area contributed by atoms with Gasteiger partial charge in [0, 0.05) is 13.0 Å². The summed E-state index contributed by atoms with van der Waals surface area (Å²) in [5, 5.41) is 0. The molecule has 2 atom stereocenters. The molecule has 0 aromatic rings. The van der Waals surface area contributed by atoms with E-state index in [1.807, 2.05) is 21.1 Å². The second kappa shape index (κ2) is 28.9. The third kappa shape index (κ3) is 32.7. The first-order valence-electron chi connectivity index (χ1n) is 17.8. The lowest BCUT2D eigenvalue weighted by atomic mass is 10.0. The molecule has 0 aromatic heterocycles. The number of hydrogen-bond donors (Lipinski definition) is 0. The first-order valence-corrected chi connectivity index (χ1v) is 19.2. The van der Waals surface area contributed by atoms with E-state index < -0.39 is 13.9 Å². The molecule has 0 amide bonds. The number of carbonyl (C=O) groups is 1. The maximum absolute atomic E-state index is 12.4. The first-order chi connectivity index (χ1) is 20.6. The van der Waals surface area contributed by atoms with Crippen molar-refractivity contribution in [3.05, 3.63) is 0 Å². The molecular weight excluding hydrogens is 565 g/mol. The molecule has 0 aromatic carbocycles. The smallest absolute Gasteiger partial charge is 0.306 e. The Bertz CT molecular complexity index is 672. The van der Waals surface area contributed by atoms with Crippen LogP contribution in [0.25, 0.3) is 0 Å². The molecule has 0 N–H and O–H groups in total. The second-order valence-electron chi connectivity index (χ2n) is 13.2. The molecule has 9 heteroatoms. The molecule has 0 aliphatic rings. The number of ether oxygens (including phenoxy) is 2. The standard InChI is InChI=1S/C34H70NO7P/c1-6-8-10-12-14-15-16-17-18-19-20-21-22-24-26-29-39-31-33(42-34(36)27-25-23-13-11-9-7-2)32-41-43(37,38)40-30-28-35(3,4)5/h33H,6-32H2,1-5H3. The molecule has 8 nitrogen and oxygen atoms in total. The maximum atomic E-state index is 12.4. The fraction of sp³-hybridized carbons (Fsp3) is 0.971. The summed E-state index contributed by atoms with van der Waals surface area (Å²) < 4.78 is 34.2. The summed E-state index contributed by atoms with van der Waals surface area (Å²) in [7, 11) is 1.36. The highest BCUT2D eigenvalue weighted by atomic mass is 31.2. The predicted molar refractivity (Wildman–Crippen MR) is 176 cm³/mol. The van der Waals surface area contributed by atoms with Crippen molar-refractivity contribution in [2.45, 2.75) is 161 Å². The molecule has 0 radical (unpaired) electrons. The molecule has 0 saturated heterocycles. The average Bonchev–Trinajstić information content (AvgIpc) is 2.94. The van der Waals surface area contributed by atoms with Crippen molar-refractivity contribution in [1.82, 2.24) is 0 Å². The zero-order valence-electron chi connectivity index (χ0n) is 28.9. The van der Waals surface area contributed by atoms with Crippen molar-refractivity contribution < 1.29 is 37.3 Å². The lowest BCUT2D eigenvalue weighted by Gasteiger charge is -2.28. The van der Waals surface area contributed by atoms with E-state index in [9.17, 15) is 14.3 Å². The number of rotatable bonds is 33. The number of hydrogen-bond acceptors (Lipinski definition) is 7. The van der Waals surface area contributed by atoms with Crippen LogP contribution < -0.4 is 4.89 Å². The van der Waals surface area contributed by atoms with Crippen LogP contribution >= 0.6 is 7.82 Å². The van der Waals surface area contributed by atoms with Gasteiger partial charge in [-0.25, -0.2) is 0 Å². The zero-order valence-corrected chi connectivity index (χ0v) is 29.8. The molecule has 0 rings (SSSR count). The number of phosphoric ester groups is 1. The lowest BCUT2D eigenvalue weighted by Crippen LogP contribution is -2.37. The van der Waals surface area contributed by atoms with Crippen LogP contribution in [0.5, 0.6) is 0 Å². The molecule has 0 bridgehead atoms. The molecule has 258 valence electrons. The van der Waals surface area contributed by atoms with E-state index in [0.717, 1.165) is 32.1 Å². The van der Waals surface area contributed by atoms with Gasteiger partial charge in [0.05, 0.1) is 34.4 Å². The van der Waals surface area contributed by atoms with Crippen LogP contribution in [0.3, 0.4) is 0 Å². The Morgan fingerprint density at radius 3 is 1.53 bits per heavy atom. The third-order valence-electron chi connectivity index (χ3n) is 7.66. The van der Waals surface area contributed by atoms with Gasteiger partial charge in [-0.05, 0) is 12.8 Å². The summed E-state index contributed by atoms with van der Waals surface area (Å²) >= 11 is 0. The molecule has 0 aliphatic heterocycles. The van der Waals surface area contributed by atoms with Crippen LogP contribution in [0.2, 0.25) is 0 Å². The summed E-state index contributed by atoms with van der Waals surface area (Å²) in [5.41, 5.74) is 0. The van der Waals surface area contributed by atoms with E-state index in [4.69, 9.17) is 18.5 Å². The topological polar surface area (TPSA) is 94.1 Å². The largest absolute Gasteiger partial charge is 0.756 e. The van der Waals surface area contributed by atoms with E-state index >= 15 is 0 Å². The van der Waals surface area contributed by atoms with E-state index in [2.05, 4.69) is 13.8 Å². The highest BCUT2D eigenvalue weighted by molar-refractivity contribution is 7.45. The van der Waals surface area contributed by atoms with Gasteiger partial charge < -0.3 is 27.9 Å². The fourth-order valence-corrected chi connectivity index (χ4v) is 5.57. The minimum atomic E-state index is -4.50. The minimum absolute atomic E-state index is 0.0302. The number of nitrogens with zero attached hydrogens (tertiary/aromatic N) is 1. The van der Waals surface area contributed by atoms with Gasteiger partial charge >= 0.3 is 5.97 Å². The number of unbranched alkanes of at least 4 members (excludes halogenated alkanes) is 19. The number of likely N-dealkylation sites (N-methyl/N-ethyl adjacent to an activating group) is 1. The normalized spacial score (nSPS) is 14.1. The SMILES string of the molecule is CCCCCCCCCCCCCCCCCOCC(COP(=O)([O-])OCC[N+](C)(C)C)OC(=O)CCCCCCCC. The Balaban J connectivity index is 4.17. The van der Waals surface area contributed by atoms with Crippen molar-refractivity contribution in [3.8, 4) is 0 Å². The Hall–Kier alpha value is -0.500. The lowest BCUT2D eigenvalue weighted by molar-refractivity contribution is -0.870. The molecule has 2 unspecified atom stereocenters. The monoisotopic (exact) mass is 635 g/mol. The fourth-order valence-electron chi connectivity index (χ4n) is 4.84. The summed E-state index contributed by atoms with van der Waals surface area (Å²) in [4.78, 5) is 24.6. The van der Waals surface area contributed by atoms with Crippen LogP contribution in [-0.2, 0) is 27.9 Å². The molecule has 0 aliphatic carbocycles. The molecule has 0 saturated carbocycles. The Kier molecular flexibility index (Phi) is 28.6. The van der Waals surface area contributed by atoms with Gasteiger partial charge in [-0.1, -0.05) is 136 Å². The number of quaternary nitrogens is 1. The quantitative estimate of drug-likeness (QED) is 0.0308. The van der Waals surface area contributed by atoms with Crippen LogP contribution in [0.1, 0.15) is 155 Å². The second-order valence-corrected chi connectivity index (χ2v) is 14.7. The number of esters is 1. The Morgan fingerprint density at radius 2 is 1.07 bits per heavy atom. The molecule has 43 heavy (non-hydrogen) atoms. The maximum Gasteiger partial charge on any atom is 0.306 e. The van der Waals surface area contributed by atoms with Crippen molar-refractivity contribution in [2.75, 3.05) is 54.1 Å². The number of phosphoric acid groups is 1. The van der Waals surface area contributed by atoms with Gasteiger partial charge in [-0.15, -0.1) is 0 Å². The highest BCUT2D eigenvalue weighted by Crippen LogP contribution is 2.38. The van der Waals surface area contributed by atoms with Crippen LogP contribution in [0.4, 0.5) is 0 Å². The third-order valence-corrected chi connectivity index (χ3v) is 8.62. The Morgan fingerprint density at radius 1 is 0.628 bits per heavy atom. The van der Waals surface area contributed by atoms with Gasteiger partial charge in [0.1, 0.15) is 19.3 Å². The van der Waals surface area contributed by atoms with Crippen LogP contribution in [0, 0.1) is 0 Å². The first kappa shape index (κ1) is 42.5. The molecule has 0 heterocycles. The van der Waals surface area contributed by atoms with Gasteiger partial charge in [-0.2, -0.15) is 0 Å². The van der Waals surface area contributed by atoms with Crippen LogP contribution in [-0.4, -0.2) is 70.7 Å². The summed E-state index contributed by atoms with van der Waals surface area (Å²) in [5.74, 6) is -0.341. The molecule has 0 fully saturated rings. The van der Waals surface area contributed by atoms with Gasteiger partial charge in [0.2, 0.25) is 0 Å². The van der Waals surface area contributed by atoms with Crippen molar-refractivity contribution in [3.63, 3.8) is 0 Å². The Labute approximate surface area is 266 Å². The van der Waals surface area contributed by atoms with E-state index in [1.165, 1.54) is 103 Å². The van der Waals surface area contributed by atoms with Crippen molar-refractivity contribution >= 4 is 13.8 Å². The molecule has 0 spiro atoms. The highest BCUT2D eigenvalue weighted by Gasteiger charge is 2.20. The molecular formula is C34H70NO7P. The number of carbonyl (C=O) groups excluding carboxylic acids is 1.